The summed E-state index contributed by atoms with van der Waals surface area (Å²) in [5.41, 5.74) is 0.648. The minimum absolute atomic E-state index is 0.108. The number of carboxylic acid groups (broad SMARTS) is 1. The van der Waals surface area contributed by atoms with Crippen LogP contribution in [0, 0.1) is 5.82 Å². The Bertz CT molecular complexity index is 574. The molecule has 0 bridgehead atoms. The number of hydrogen-bond donors (Lipinski definition) is 1. The van der Waals surface area contributed by atoms with Crippen molar-refractivity contribution in [2.45, 2.75) is 31.4 Å². The van der Waals surface area contributed by atoms with Gasteiger partial charge in [0.2, 0.25) is 0 Å². The van der Waals surface area contributed by atoms with Gasteiger partial charge in [0.1, 0.15) is 6.04 Å². The number of rotatable bonds is 2. The van der Waals surface area contributed by atoms with Crippen molar-refractivity contribution >= 4 is 11.9 Å². The molecule has 0 spiro atoms. The zero-order valence-electron chi connectivity index (χ0n) is 10.7. The second-order valence-electron chi connectivity index (χ2n) is 5.07. The molecule has 0 aromatic heterocycles. The van der Waals surface area contributed by atoms with Crippen molar-refractivity contribution in [3.8, 4) is 5.75 Å². The minimum atomic E-state index is -1.00. The van der Waals surface area contributed by atoms with E-state index in [1.54, 1.807) is 12.1 Å². The molecule has 1 aromatic carbocycles. The van der Waals surface area contributed by atoms with Gasteiger partial charge in [0.25, 0.3) is 5.91 Å². The van der Waals surface area contributed by atoms with E-state index in [1.165, 1.54) is 11.0 Å². The molecule has 2 atom stereocenters. The van der Waals surface area contributed by atoms with Crippen molar-refractivity contribution in [1.82, 2.24) is 4.90 Å². The average molecular weight is 279 g/mol. The van der Waals surface area contributed by atoms with Crippen LogP contribution in [0.3, 0.4) is 0 Å². The lowest BCUT2D eigenvalue weighted by Crippen LogP contribution is -2.46. The number of fused-ring (bicyclic) bond motifs is 1. The predicted octanol–water partition coefficient (Wildman–Crippen LogP) is 1.20. The number of likely N-dealkylation sites (tertiary alicyclic amines) is 1. The van der Waals surface area contributed by atoms with E-state index in [0.29, 0.717) is 24.9 Å². The lowest BCUT2D eigenvalue weighted by molar-refractivity contribution is -0.150. The Kier molecular flexibility index (Phi) is 3.08. The van der Waals surface area contributed by atoms with E-state index in [0.717, 1.165) is 0 Å². The van der Waals surface area contributed by atoms with Gasteiger partial charge in [-0.3, -0.25) is 4.79 Å². The number of carbonyl (C=O) groups is 2. The monoisotopic (exact) mass is 279 g/mol. The standard InChI is InChI=1S/C14H14FNO4/c15-9-4-1-3-8-7-11(20-12(8)9)13(17)16-6-2-5-10(16)14(18)19/h1,3-4,10-11H,2,5-7H2,(H,18,19)/t10-,11+/m1/s1. The van der Waals surface area contributed by atoms with Crippen LogP contribution in [0.1, 0.15) is 18.4 Å². The first-order valence-electron chi connectivity index (χ1n) is 6.55. The topological polar surface area (TPSA) is 66.8 Å². The number of carbonyl (C=O) groups excluding carboxylic acids is 1. The quantitative estimate of drug-likeness (QED) is 0.883. The van der Waals surface area contributed by atoms with Crippen LogP contribution in [0.5, 0.6) is 5.75 Å². The zero-order chi connectivity index (χ0) is 14.3. The van der Waals surface area contributed by atoms with Gasteiger partial charge in [0, 0.05) is 18.5 Å². The summed E-state index contributed by atoms with van der Waals surface area (Å²) >= 11 is 0. The highest BCUT2D eigenvalue weighted by Crippen LogP contribution is 2.33. The molecule has 106 valence electrons. The molecule has 2 aliphatic rings. The highest BCUT2D eigenvalue weighted by atomic mass is 19.1. The molecule has 1 fully saturated rings. The molecule has 0 aliphatic carbocycles. The maximum absolute atomic E-state index is 13.6. The van der Waals surface area contributed by atoms with Crippen molar-refractivity contribution in [2.75, 3.05) is 6.54 Å². The zero-order valence-corrected chi connectivity index (χ0v) is 10.7. The molecule has 2 heterocycles. The van der Waals surface area contributed by atoms with Crippen molar-refractivity contribution < 1.29 is 23.8 Å². The highest BCUT2D eigenvalue weighted by Gasteiger charge is 2.40. The van der Waals surface area contributed by atoms with Gasteiger partial charge in [-0.15, -0.1) is 0 Å². The summed E-state index contributed by atoms with van der Waals surface area (Å²) < 4.78 is 18.9. The van der Waals surface area contributed by atoms with Crippen LogP contribution >= 0.6 is 0 Å². The predicted molar refractivity (Wildman–Crippen MR) is 66.9 cm³/mol. The Labute approximate surface area is 114 Å². The first-order chi connectivity index (χ1) is 9.58. The fraction of sp³-hybridized carbons (Fsp3) is 0.429. The number of nitrogens with zero attached hydrogens (tertiary/aromatic N) is 1. The fourth-order valence-corrected chi connectivity index (χ4v) is 2.84. The maximum atomic E-state index is 13.6. The third-order valence-corrected chi connectivity index (χ3v) is 3.81. The van der Waals surface area contributed by atoms with Gasteiger partial charge in [0.05, 0.1) is 0 Å². The first-order valence-corrected chi connectivity index (χ1v) is 6.55. The molecule has 2 aliphatic heterocycles. The SMILES string of the molecule is O=C(O)[C@H]1CCCN1C(=O)[C@@H]1Cc2cccc(F)c2O1. The molecule has 5 nitrogen and oxygen atoms in total. The van der Waals surface area contributed by atoms with Crippen LogP contribution in [0.15, 0.2) is 18.2 Å². The lowest BCUT2D eigenvalue weighted by atomic mass is 10.1. The van der Waals surface area contributed by atoms with Gasteiger partial charge < -0.3 is 14.7 Å². The van der Waals surface area contributed by atoms with Crippen LogP contribution < -0.4 is 4.74 Å². The molecule has 1 N–H and O–H groups in total. The number of hydrogen-bond acceptors (Lipinski definition) is 3. The Balaban J connectivity index is 1.77. The van der Waals surface area contributed by atoms with Crippen LogP contribution in [0.25, 0.3) is 0 Å². The van der Waals surface area contributed by atoms with E-state index < -0.39 is 23.9 Å². The van der Waals surface area contributed by atoms with E-state index in [-0.39, 0.29) is 18.1 Å². The van der Waals surface area contributed by atoms with Crippen molar-refractivity contribution in [3.63, 3.8) is 0 Å². The number of amides is 1. The third kappa shape index (κ3) is 2.01. The number of halogens is 1. The number of aliphatic carboxylic acids is 1. The summed E-state index contributed by atoms with van der Waals surface area (Å²) in [7, 11) is 0. The number of ether oxygens (including phenoxy) is 1. The summed E-state index contributed by atoms with van der Waals surface area (Å²) in [5.74, 6) is -1.76. The minimum Gasteiger partial charge on any atom is -0.480 e. The van der Waals surface area contributed by atoms with E-state index in [4.69, 9.17) is 9.84 Å². The first kappa shape index (κ1) is 12.9. The van der Waals surface area contributed by atoms with Crippen LogP contribution in [-0.2, 0) is 16.0 Å². The van der Waals surface area contributed by atoms with Gasteiger partial charge in [0.15, 0.2) is 17.7 Å². The molecule has 0 saturated carbocycles. The van der Waals surface area contributed by atoms with Crippen LogP contribution in [0.4, 0.5) is 4.39 Å². The Hall–Kier alpha value is -2.11. The van der Waals surface area contributed by atoms with E-state index in [2.05, 4.69) is 0 Å². The number of carboxylic acids is 1. The summed E-state index contributed by atoms with van der Waals surface area (Å²) in [6.45, 7) is 0.411. The molecular weight excluding hydrogens is 265 g/mol. The second-order valence-corrected chi connectivity index (χ2v) is 5.07. The van der Waals surface area contributed by atoms with E-state index >= 15 is 0 Å². The Morgan fingerprint density at radius 3 is 2.90 bits per heavy atom. The molecule has 0 unspecified atom stereocenters. The van der Waals surface area contributed by atoms with Gasteiger partial charge >= 0.3 is 5.97 Å². The second kappa shape index (κ2) is 4.77. The van der Waals surface area contributed by atoms with Gasteiger partial charge in [-0.2, -0.15) is 0 Å². The Morgan fingerprint density at radius 2 is 2.20 bits per heavy atom. The van der Waals surface area contributed by atoms with E-state index in [9.17, 15) is 14.0 Å². The van der Waals surface area contributed by atoms with E-state index in [1.807, 2.05) is 0 Å². The summed E-state index contributed by atoms with van der Waals surface area (Å²) in [6.07, 6.45) is 0.586. The molecule has 1 saturated heterocycles. The average Bonchev–Trinajstić information content (AvgIpc) is 3.05. The summed E-state index contributed by atoms with van der Waals surface area (Å²) in [6, 6.07) is 3.77. The van der Waals surface area contributed by atoms with Crippen molar-refractivity contribution in [2.24, 2.45) is 0 Å². The largest absolute Gasteiger partial charge is 0.480 e. The normalized spacial score (nSPS) is 24.4. The molecule has 20 heavy (non-hydrogen) atoms. The molecule has 0 radical (unpaired) electrons. The van der Waals surface area contributed by atoms with Crippen molar-refractivity contribution in [3.05, 3.63) is 29.6 Å². The molecule has 1 amide bonds. The number of para-hydroxylation sites is 1. The van der Waals surface area contributed by atoms with Crippen LogP contribution in [-0.4, -0.2) is 40.6 Å². The molecule has 1 aromatic rings. The fourth-order valence-electron chi connectivity index (χ4n) is 2.84. The Morgan fingerprint density at radius 1 is 1.40 bits per heavy atom. The van der Waals surface area contributed by atoms with Crippen LogP contribution in [0.2, 0.25) is 0 Å². The molecular formula is C14H14FNO4. The smallest absolute Gasteiger partial charge is 0.326 e. The molecule has 3 rings (SSSR count). The number of benzene rings is 1. The van der Waals surface area contributed by atoms with Crippen molar-refractivity contribution in [1.29, 1.82) is 0 Å². The third-order valence-electron chi connectivity index (χ3n) is 3.81. The summed E-state index contributed by atoms with van der Waals surface area (Å²) in [4.78, 5) is 24.8. The van der Waals surface area contributed by atoms with Gasteiger partial charge in [-0.1, -0.05) is 12.1 Å². The maximum Gasteiger partial charge on any atom is 0.326 e. The molecule has 6 heteroatoms. The highest BCUT2D eigenvalue weighted by molar-refractivity contribution is 5.88. The summed E-state index contributed by atoms with van der Waals surface area (Å²) in [5, 5.41) is 9.10. The lowest BCUT2D eigenvalue weighted by Gasteiger charge is -2.24. The van der Waals surface area contributed by atoms with Gasteiger partial charge in [-0.25, -0.2) is 9.18 Å². The van der Waals surface area contributed by atoms with Gasteiger partial charge in [-0.05, 0) is 18.9 Å².